The van der Waals surface area contributed by atoms with E-state index in [1.807, 2.05) is 50.4 Å². The van der Waals surface area contributed by atoms with Crippen LogP contribution in [0.2, 0.25) is 0 Å². The summed E-state index contributed by atoms with van der Waals surface area (Å²) in [6.45, 7) is 8.00. The van der Waals surface area contributed by atoms with E-state index in [0.717, 1.165) is 16.8 Å². The van der Waals surface area contributed by atoms with E-state index in [0.29, 0.717) is 22.5 Å². The molecule has 2 aromatic rings. The van der Waals surface area contributed by atoms with Gasteiger partial charge in [-0.1, -0.05) is 24.3 Å². The fourth-order valence-electron chi connectivity index (χ4n) is 3.88. The number of hydrogen-bond donors (Lipinski definition) is 0. The second-order valence-corrected chi connectivity index (χ2v) is 8.13. The van der Waals surface area contributed by atoms with Crippen molar-refractivity contribution < 1.29 is 9.18 Å². The molecule has 4 rings (SSSR count). The molecule has 2 heterocycles. The van der Waals surface area contributed by atoms with E-state index < -0.39 is 0 Å². The highest BCUT2D eigenvalue weighted by Crippen LogP contribution is 2.39. The molecule has 0 saturated carbocycles. The van der Waals surface area contributed by atoms with Gasteiger partial charge in [0.1, 0.15) is 5.82 Å². The van der Waals surface area contributed by atoms with Crippen molar-refractivity contribution in [2.24, 2.45) is 5.10 Å². The number of likely N-dealkylation sites (N-methyl/N-ethyl adjacent to an activating group) is 1. The summed E-state index contributed by atoms with van der Waals surface area (Å²) in [5, 5.41) is 5.73. The Morgan fingerprint density at radius 1 is 1.10 bits per heavy atom. The predicted octanol–water partition coefficient (Wildman–Crippen LogP) is 5.26. The average Bonchev–Trinajstić information content (AvgIpc) is 2.96. The summed E-state index contributed by atoms with van der Waals surface area (Å²) >= 11 is 0. The highest BCUT2D eigenvalue weighted by Gasteiger charge is 2.31. The number of carbonyl (C=O) groups excluding carboxylic acids is 1. The molecule has 0 N–H and O–H groups in total. The van der Waals surface area contributed by atoms with E-state index in [-0.39, 0.29) is 17.3 Å². The number of halogens is 1. The zero-order valence-electron chi connectivity index (χ0n) is 17.3. The Bertz CT molecular complexity index is 1100. The van der Waals surface area contributed by atoms with Gasteiger partial charge in [-0.15, -0.1) is 0 Å². The van der Waals surface area contributed by atoms with Crippen LogP contribution in [0.15, 0.2) is 59.2 Å². The molecular weight excluding hydrogens is 365 g/mol. The van der Waals surface area contributed by atoms with Gasteiger partial charge in [-0.05, 0) is 63.6 Å². The van der Waals surface area contributed by atoms with Crippen LogP contribution in [0.1, 0.15) is 38.8 Å². The molecule has 29 heavy (non-hydrogen) atoms. The van der Waals surface area contributed by atoms with Gasteiger partial charge < -0.3 is 4.90 Å². The normalized spacial score (nSPS) is 19.4. The highest BCUT2D eigenvalue weighted by molar-refractivity contribution is 6.32. The lowest BCUT2D eigenvalue weighted by Gasteiger charge is -2.40. The molecule has 0 radical (unpaired) electrons. The van der Waals surface area contributed by atoms with Gasteiger partial charge in [-0.2, -0.15) is 10.1 Å². The fraction of sp³-hybridized carbons (Fsp3) is 0.250. The molecule has 1 amide bonds. The third kappa shape index (κ3) is 3.16. The number of benzene rings is 2. The first kappa shape index (κ1) is 19.1. The van der Waals surface area contributed by atoms with Crippen LogP contribution in [0.25, 0.3) is 11.6 Å². The van der Waals surface area contributed by atoms with Crippen molar-refractivity contribution in [3.05, 3.63) is 71.1 Å². The molecule has 0 saturated heterocycles. The maximum absolute atomic E-state index is 15.0. The Morgan fingerprint density at radius 3 is 2.48 bits per heavy atom. The minimum absolute atomic E-state index is 0.190. The average molecular weight is 389 g/mol. The van der Waals surface area contributed by atoms with E-state index in [4.69, 9.17) is 0 Å². The maximum Gasteiger partial charge on any atom is 0.280 e. The summed E-state index contributed by atoms with van der Waals surface area (Å²) in [6.07, 6.45) is 3.78. The number of hydrazone groups is 1. The summed E-state index contributed by atoms with van der Waals surface area (Å²) in [5.74, 6) is -0.608. The molecule has 2 aromatic carbocycles. The number of para-hydroxylation sites is 1. The highest BCUT2D eigenvalue weighted by atomic mass is 19.1. The topological polar surface area (TPSA) is 35.9 Å². The molecule has 0 spiro atoms. The quantitative estimate of drug-likeness (QED) is 0.657. The lowest BCUT2D eigenvalue weighted by Crippen LogP contribution is -2.42. The number of amides is 1. The van der Waals surface area contributed by atoms with Gasteiger partial charge in [0.25, 0.3) is 5.91 Å². The maximum atomic E-state index is 15.0. The van der Waals surface area contributed by atoms with Crippen molar-refractivity contribution >= 4 is 34.6 Å². The van der Waals surface area contributed by atoms with E-state index in [9.17, 15) is 4.79 Å². The van der Waals surface area contributed by atoms with Crippen LogP contribution < -0.4 is 9.91 Å². The first-order chi connectivity index (χ1) is 13.7. The Balaban J connectivity index is 1.76. The first-order valence-electron chi connectivity index (χ1n) is 9.63. The third-order valence-electron chi connectivity index (χ3n) is 5.70. The molecule has 148 valence electrons. The van der Waals surface area contributed by atoms with Gasteiger partial charge in [0.2, 0.25) is 0 Å². The van der Waals surface area contributed by atoms with Crippen LogP contribution >= 0.6 is 0 Å². The Kier molecular flexibility index (Phi) is 4.41. The van der Waals surface area contributed by atoms with Crippen molar-refractivity contribution in [3.8, 4) is 0 Å². The predicted molar refractivity (Wildman–Crippen MR) is 118 cm³/mol. The first-order valence-corrected chi connectivity index (χ1v) is 9.63. The molecule has 4 nitrogen and oxygen atoms in total. The van der Waals surface area contributed by atoms with Crippen molar-refractivity contribution in [3.63, 3.8) is 0 Å². The van der Waals surface area contributed by atoms with Crippen molar-refractivity contribution in [1.29, 1.82) is 0 Å². The zero-order chi connectivity index (χ0) is 20.9. The number of nitrogens with zero attached hydrogens (tertiary/aromatic N) is 3. The van der Waals surface area contributed by atoms with E-state index in [1.165, 1.54) is 5.01 Å². The summed E-state index contributed by atoms with van der Waals surface area (Å²) in [7, 11) is 1.97. The molecule has 0 fully saturated rings. The van der Waals surface area contributed by atoms with Crippen LogP contribution in [0, 0.1) is 5.82 Å². The summed E-state index contributed by atoms with van der Waals surface area (Å²) < 4.78 is 15.0. The fourth-order valence-corrected chi connectivity index (χ4v) is 3.88. The molecule has 5 heteroatoms. The summed E-state index contributed by atoms with van der Waals surface area (Å²) in [5.41, 5.74) is 4.77. The lowest BCUT2D eigenvalue weighted by atomic mass is 9.88. The van der Waals surface area contributed by atoms with Gasteiger partial charge in [-0.25, -0.2) is 4.39 Å². The number of rotatable bonds is 2. The minimum atomic E-state index is -0.354. The van der Waals surface area contributed by atoms with Gasteiger partial charge in [0.15, 0.2) is 0 Å². The summed E-state index contributed by atoms with van der Waals surface area (Å²) in [4.78, 5) is 15.0. The van der Waals surface area contributed by atoms with E-state index in [1.54, 1.807) is 19.1 Å². The van der Waals surface area contributed by atoms with E-state index in [2.05, 4.69) is 29.9 Å². The van der Waals surface area contributed by atoms with Gasteiger partial charge in [0.05, 0.1) is 22.5 Å². The van der Waals surface area contributed by atoms with Crippen LogP contribution in [0.5, 0.6) is 0 Å². The molecule has 2 aliphatic rings. The largest absolute Gasteiger partial charge is 0.365 e. The lowest BCUT2D eigenvalue weighted by molar-refractivity contribution is -0.114. The van der Waals surface area contributed by atoms with E-state index >= 15 is 4.39 Å². The Hall–Kier alpha value is -3.21. The molecule has 0 bridgehead atoms. The van der Waals surface area contributed by atoms with Gasteiger partial charge >= 0.3 is 0 Å². The number of hydrogen-bond acceptors (Lipinski definition) is 3. The van der Waals surface area contributed by atoms with Crippen molar-refractivity contribution in [2.45, 2.75) is 33.2 Å². The molecule has 0 aromatic heterocycles. The number of fused-ring (bicyclic) bond motifs is 1. The van der Waals surface area contributed by atoms with Crippen LogP contribution in [-0.4, -0.2) is 24.2 Å². The van der Waals surface area contributed by atoms with Gasteiger partial charge in [0, 0.05) is 23.9 Å². The second-order valence-electron chi connectivity index (χ2n) is 8.13. The number of allylic oxidation sites excluding steroid dienone is 1. The SMILES string of the molecule is CC1=CC(C)(C)N(C)c2cc(F)c(/C=C3\C(=O)N(c4ccccc4)N=C3C)cc21. The minimum Gasteiger partial charge on any atom is -0.365 e. The number of carbonyl (C=O) groups is 1. The molecule has 0 atom stereocenters. The van der Waals surface area contributed by atoms with Crippen LogP contribution in [-0.2, 0) is 4.79 Å². The number of anilines is 2. The third-order valence-corrected chi connectivity index (χ3v) is 5.70. The van der Waals surface area contributed by atoms with Crippen molar-refractivity contribution in [2.75, 3.05) is 17.0 Å². The Morgan fingerprint density at radius 2 is 1.79 bits per heavy atom. The smallest absolute Gasteiger partial charge is 0.280 e. The van der Waals surface area contributed by atoms with Crippen molar-refractivity contribution in [1.82, 2.24) is 0 Å². The molecule has 2 aliphatic heterocycles. The van der Waals surface area contributed by atoms with Crippen LogP contribution in [0.3, 0.4) is 0 Å². The second kappa shape index (κ2) is 6.69. The monoisotopic (exact) mass is 389 g/mol. The molecular formula is C24H24FN3O. The standard InChI is InChI=1S/C24H24FN3O/c1-15-14-24(3,4)27(5)22-13-21(25)17(11-19(15)22)12-20-16(2)26-28(23(20)29)18-9-7-6-8-10-18/h6-14H,1-5H3/b20-12-. The van der Waals surface area contributed by atoms with Gasteiger partial charge in [-0.3, -0.25) is 4.79 Å². The Labute approximate surface area is 170 Å². The molecule has 0 aliphatic carbocycles. The summed E-state index contributed by atoms with van der Waals surface area (Å²) in [6, 6.07) is 12.6. The zero-order valence-corrected chi connectivity index (χ0v) is 17.3. The van der Waals surface area contributed by atoms with Crippen LogP contribution in [0.4, 0.5) is 15.8 Å². The molecule has 0 unspecified atom stereocenters.